The molecule has 1 aliphatic rings. The van der Waals surface area contributed by atoms with E-state index in [-0.39, 0.29) is 23.9 Å². The largest absolute Gasteiger partial charge is 0.451 e. The van der Waals surface area contributed by atoms with Gasteiger partial charge in [0.25, 0.3) is 5.91 Å². The van der Waals surface area contributed by atoms with Crippen molar-refractivity contribution in [2.24, 2.45) is 0 Å². The maximum Gasteiger partial charge on any atom is 0.293 e. The number of thiazole rings is 1. The van der Waals surface area contributed by atoms with Crippen LogP contribution in [-0.4, -0.2) is 41.1 Å². The van der Waals surface area contributed by atoms with E-state index < -0.39 is 0 Å². The zero-order chi connectivity index (χ0) is 19.8. The van der Waals surface area contributed by atoms with Crippen molar-refractivity contribution in [1.29, 1.82) is 0 Å². The lowest BCUT2D eigenvalue weighted by molar-refractivity contribution is -0.0707. The number of nitrogens with zero attached hydrogens (tertiary/aromatic N) is 2. The molecule has 3 aromatic rings. The number of hydrogen-bond donors (Lipinski definition) is 1. The Hall–Kier alpha value is -1.93. The Morgan fingerprint density at radius 2 is 2.11 bits per heavy atom. The third-order valence-electron chi connectivity index (χ3n) is 4.76. The Morgan fingerprint density at radius 1 is 1.36 bits per heavy atom. The van der Waals surface area contributed by atoms with Crippen molar-refractivity contribution < 1.29 is 13.9 Å². The molecule has 0 radical (unpaired) electrons. The van der Waals surface area contributed by atoms with E-state index in [4.69, 9.17) is 20.8 Å². The van der Waals surface area contributed by atoms with Crippen LogP contribution in [0.15, 0.2) is 28.0 Å². The van der Waals surface area contributed by atoms with Gasteiger partial charge >= 0.3 is 0 Å². The maximum absolute atomic E-state index is 12.7. The van der Waals surface area contributed by atoms with Gasteiger partial charge in [-0.2, -0.15) is 0 Å². The molecule has 4 rings (SSSR count). The predicted molar refractivity (Wildman–Crippen MR) is 111 cm³/mol. The number of furan rings is 1. The van der Waals surface area contributed by atoms with Crippen LogP contribution >= 0.6 is 22.9 Å². The summed E-state index contributed by atoms with van der Waals surface area (Å²) in [6.07, 6.45) is 0.428. The van der Waals surface area contributed by atoms with Crippen molar-refractivity contribution in [2.45, 2.75) is 39.5 Å². The van der Waals surface area contributed by atoms with Crippen LogP contribution in [0.2, 0.25) is 5.02 Å². The SMILES string of the molecule is Cc1c(C(=O)Nc2nc(CN3CC(C)OC(C)C3)cs2)oc2ccc(Cl)cc12. The van der Waals surface area contributed by atoms with Crippen LogP contribution in [0.1, 0.15) is 35.7 Å². The van der Waals surface area contributed by atoms with Crippen molar-refractivity contribution in [3.05, 3.63) is 45.6 Å². The smallest absolute Gasteiger partial charge is 0.293 e. The lowest BCUT2D eigenvalue weighted by atomic mass is 10.1. The summed E-state index contributed by atoms with van der Waals surface area (Å²) in [5, 5.41) is 6.84. The molecule has 28 heavy (non-hydrogen) atoms. The number of rotatable bonds is 4. The highest BCUT2D eigenvalue weighted by molar-refractivity contribution is 7.14. The molecule has 8 heteroatoms. The van der Waals surface area contributed by atoms with Crippen molar-refractivity contribution in [1.82, 2.24) is 9.88 Å². The van der Waals surface area contributed by atoms with Crippen molar-refractivity contribution in [3.8, 4) is 0 Å². The predicted octanol–water partition coefficient (Wildman–Crippen LogP) is 4.71. The lowest BCUT2D eigenvalue weighted by Gasteiger charge is -2.34. The number of amides is 1. The van der Waals surface area contributed by atoms with E-state index in [0.717, 1.165) is 36.3 Å². The number of aryl methyl sites for hydroxylation is 1. The fraction of sp³-hybridized carbons (Fsp3) is 0.400. The van der Waals surface area contributed by atoms with Crippen LogP contribution < -0.4 is 5.32 Å². The summed E-state index contributed by atoms with van der Waals surface area (Å²) in [7, 11) is 0. The van der Waals surface area contributed by atoms with Crippen molar-refractivity contribution in [2.75, 3.05) is 18.4 Å². The average Bonchev–Trinajstić information content (AvgIpc) is 3.18. The Labute approximate surface area is 172 Å². The molecule has 1 amide bonds. The fourth-order valence-corrected chi connectivity index (χ4v) is 4.51. The highest BCUT2D eigenvalue weighted by Crippen LogP contribution is 2.29. The van der Waals surface area contributed by atoms with Gasteiger partial charge in [0, 0.05) is 41.0 Å². The van der Waals surface area contributed by atoms with Gasteiger partial charge in [-0.05, 0) is 39.0 Å². The summed E-state index contributed by atoms with van der Waals surface area (Å²) >= 11 is 7.46. The Morgan fingerprint density at radius 3 is 2.86 bits per heavy atom. The molecule has 2 unspecified atom stereocenters. The van der Waals surface area contributed by atoms with Crippen LogP contribution in [0, 0.1) is 6.92 Å². The Bertz CT molecular complexity index is 1010. The third-order valence-corrected chi connectivity index (χ3v) is 5.80. The van der Waals surface area contributed by atoms with Gasteiger partial charge in [-0.1, -0.05) is 11.6 Å². The summed E-state index contributed by atoms with van der Waals surface area (Å²) < 4.78 is 11.5. The summed E-state index contributed by atoms with van der Waals surface area (Å²) in [6, 6.07) is 5.32. The highest BCUT2D eigenvalue weighted by atomic mass is 35.5. The first-order valence-electron chi connectivity index (χ1n) is 9.21. The van der Waals surface area contributed by atoms with Crippen LogP contribution in [-0.2, 0) is 11.3 Å². The van der Waals surface area contributed by atoms with E-state index in [2.05, 4.69) is 29.0 Å². The minimum atomic E-state index is -0.306. The average molecular weight is 420 g/mol. The molecule has 6 nitrogen and oxygen atoms in total. The highest BCUT2D eigenvalue weighted by Gasteiger charge is 2.23. The van der Waals surface area contributed by atoms with E-state index in [0.29, 0.717) is 15.7 Å². The molecule has 0 saturated carbocycles. The fourth-order valence-electron chi connectivity index (χ4n) is 3.64. The number of fused-ring (bicyclic) bond motifs is 1. The van der Waals surface area contributed by atoms with Crippen LogP contribution in [0.5, 0.6) is 0 Å². The first-order chi connectivity index (χ1) is 13.4. The number of anilines is 1. The normalized spacial score (nSPS) is 20.6. The molecule has 2 atom stereocenters. The molecular weight excluding hydrogens is 398 g/mol. The minimum Gasteiger partial charge on any atom is -0.451 e. The molecule has 0 bridgehead atoms. The van der Waals surface area contributed by atoms with Crippen LogP contribution in [0.25, 0.3) is 11.0 Å². The first kappa shape index (κ1) is 19.4. The monoisotopic (exact) mass is 419 g/mol. The van der Waals surface area contributed by atoms with Gasteiger partial charge in [0.15, 0.2) is 10.9 Å². The summed E-state index contributed by atoms with van der Waals surface area (Å²) in [4.78, 5) is 19.6. The Balaban J connectivity index is 1.45. The molecule has 1 aromatic carbocycles. The third kappa shape index (κ3) is 4.07. The number of ether oxygens (including phenoxy) is 1. The molecule has 1 aliphatic heterocycles. The van der Waals surface area contributed by atoms with E-state index in [1.807, 2.05) is 12.3 Å². The van der Waals surface area contributed by atoms with Gasteiger partial charge in [0.1, 0.15) is 5.58 Å². The topological polar surface area (TPSA) is 67.6 Å². The van der Waals surface area contributed by atoms with Gasteiger partial charge in [-0.15, -0.1) is 11.3 Å². The van der Waals surface area contributed by atoms with Crippen molar-refractivity contribution >= 4 is 44.9 Å². The first-order valence-corrected chi connectivity index (χ1v) is 10.5. The van der Waals surface area contributed by atoms with E-state index in [1.54, 1.807) is 18.2 Å². The number of hydrogen-bond acceptors (Lipinski definition) is 6. The summed E-state index contributed by atoms with van der Waals surface area (Å²) in [5.41, 5.74) is 2.35. The van der Waals surface area contributed by atoms with E-state index in [1.165, 1.54) is 11.3 Å². The summed E-state index contributed by atoms with van der Waals surface area (Å²) in [6.45, 7) is 8.52. The second-order valence-electron chi connectivity index (χ2n) is 7.25. The zero-order valence-corrected chi connectivity index (χ0v) is 17.6. The number of halogens is 1. The number of morpholine rings is 1. The molecule has 2 aromatic heterocycles. The standard InChI is InChI=1S/C20H22ClN3O3S/c1-11-7-24(8-12(2)26-11)9-15-10-28-20(22-15)23-19(25)18-13(3)16-6-14(21)4-5-17(16)27-18/h4-6,10-12H,7-9H2,1-3H3,(H,22,23,25). The molecule has 148 valence electrons. The van der Waals surface area contributed by atoms with Gasteiger partial charge in [-0.3, -0.25) is 15.0 Å². The number of benzene rings is 1. The molecule has 1 fully saturated rings. The second-order valence-corrected chi connectivity index (χ2v) is 8.54. The second kappa shape index (κ2) is 7.83. The minimum absolute atomic E-state index is 0.214. The van der Waals surface area contributed by atoms with E-state index in [9.17, 15) is 4.79 Å². The Kier molecular flexibility index (Phi) is 5.42. The zero-order valence-electron chi connectivity index (χ0n) is 16.0. The van der Waals surface area contributed by atoms with E-state index >= 15 is 0 Å². The van der Waals surface area contributed by atoms with Gasteiger partial charge in [-0.25, -0.2) is 4.98 Å². The quantitative estimate of drug-likeness (QED) is 0.663. The lowest BCUT2D eigenvalue weighted by Crippen LogP contribution is -2.44. The number of carbonyl (C=O) groups excluding carboxylic acids is 1. The molecule has 0 spiro atoms. The van der Waals surface area contributed by atoms with Gasteiger partial charge in [0.05, 0.1) is 17.9 Å². The van der Waals surface area contributed by atoms with Gasteiger partial charge in [0.2, 0.25) is 0 Å². The summed E-state index contributed by atoms with van der Waals surface area (Å²) in [5.74, 6) is -0.0239. The maximum atomic E-state index is 12.7. The molecule has 3 heterocycles. The van der Waals surface area contributed by atoms with Crippen LogP contribution in [0.4, 0.5) is 5.13 Å². The molecular formula is C20H22ClN3O3S. The molecule has 0 aliphatic carbocycles. The molecule has 1 N–H and O–H groups in total. The van der Waals surface area contributed by atoms with Gasteiger partial charge < -0.3 is 9.15 Å². The van der Waals surface area contributed by atoms with Crippen LogP contribution in [0.3, 0.4) is 0 Å². The molecule has 1 saturated heterocycles. The number of aromatic nitrogens is 1. The number of carbonyl (C=O) groups is 1. The van der Waals surface area contributed by atoms with Crippen molar-refractivity contribution in [3.63, 3.8) is 0 Å². The number of nitrogens with one attached hydrogen (secondary N) is 1.